The highest BCUT2D eigenvalue weighted by molar-refractivity contribution is 7.90. The number of amides is 1. The summed E-state index contributed by atoms with van der Waals surface area (Å²) in [5, 5.41) is 1.83. The lowest BCUT2D eigenvalue weighted by molar-refractivity contribution is 0.0997. The van der Waals surface area contributed by atoms with Crippen LogP contribution >= 0.6 is 11.3 Å². The van der Waals surface area contributed by atoms with Crippen LogP contribution in [0.5, 0.6) is 0 Å². The standard InChI is InChI=1S/C17H18N4O3S2/c1-20-9-10-25-17(20)18-16(22)12-6-7-13-14(11-12)26(23,24)19-15-5-3-2-4-8-21(13)15/h6-7,9-11H,2-5,8H2,1H3. The summed E-state index contributed by atoms with van der Waals surface area (Å²) in [4.78, 5) is 19.2. The minimum Gasteiger partial charge on any atom is -0.328 e. The number of aryl methyl sites for hydroxylation is 1. The summed E-state index contributed by atoms with van der Waals surface area (Å²) >= 11 is 1.35. The fraction of sp³-hybridized carbons (Fsp3) is 0.353. The van der Waals surface area contributed by atoms with E-state index in [1.807, 2.05) is 16.5 Å². The van der Waals surface area contributed by atoms with Gasteiger partial charge in [0.15, 0.2) is 4.80 Å². The highest BCUT2D eigenvalue weighted by Gasteiger charge is 2.32. The number of carbonyl (C=O) groups excluding carboxylic acids is 1. The maximum absolute atomic E-state index is 12.6. The summed E-state index contributed by atoms with van der Waals surface area (Å²) in [7, 11) is -2.00. The van der Waals surface area contributed by atoms with Gasteiger partial charge >= 0.3 is 0 Å². The van der Waals surface area contributed by atoms with Crippen LogP contribution in [0.15, 0.2) is 44.1 Å². The maximum atomic E-state index is 12.6. The molecule has 0 bridgehead atoms. The lowest BCUT2D eigenvalue weighted by atomic mass is 10.1. The molecule has 1 amide bonds. The molecule has 2 aliphatic rings. The summed E-state index contributed by atoms with van der Waals surface area (Å²) in [5.41, 5.74) is 0.851. The van der Waals surface area contributed by atoms with Crippen LogP contribution in [0.4, 0.5) is 5.69 Å². The average Bonchev–Trinajstić information content (AvgIpc) is 2.87. The number of benzene rings is 1. The molecule has 0 spiro atoms. The van der Waals surface area contributed by atoms with Crippen molar-refractivity contribution >= 4 is 38.8 Å². The zero-order valence-electron chi connectivity index (χ0n) is 14.3. The molecule has 7 nitrogen and oxygen atoms in total. The maximum Gasteiger partial charge on any atom is 0.286 e. The van der Waals surface area contributed by atoms with Gasteiger partial charge in [0.05, 0.1) is 5.69 Å². The Morgan fingerprint density at radius 2 is 2.12 bits per heavy atom. The van der Waals surface area contributed by atoms with Crippen molar-refractivity contribution in [1.29, 1.82) is 0 Å². The molecule has 2 aliphatic heterocycles. The van der Waals surface area contributed by atoms with Crippen LogP contribution in [0, 0.1) is 0 Å². The lowest BCUT2D eigenvalue weighted by Gasteiger charge is -2.29. The predicted molar refractivity (Wildman–Crippen MR) is 100 cm³/mol. The lowest BCUT2D eigenvalue weighted by Crippen LogP contribution is -2.35. The monoisotopic (exact) mass is 390 g/mol. The molecule has 26 heavy (non-hydrogen) atoms. The molecule has 0 aliphatic carbocycles. The topological polar surface area (TPSA) is 84.1 Å². The van der Waals surface area contributed by atoms with Crippen LogP contribution in [0.1, 0.15) is 36.0 Å². The number of anilines is 1. The molecule has 0 radical (unpaired) electrons. The van der Waals surface area contributed by atoms with E-state index in [1.165, 1.54) is 17.4 Å². The zero-order chi connectivity index (χ0) is 18.3. The highest BCUT2D eigenvalue weighted by Crippen LogP contribution is 2.35. The predicted octanol–water partition coefficient (Wildman–Crippen LogP) is 2.31. The van der Waals surface area contributed by atoms with Gasteiger partial charge in [-0.3, -0.25) is 4.79 Å². The van der Waals surface area contributed by atoms with Crippen LogP contribution in [0.3, 0.4) is 0 Å². The average molecular weight is 390 g/mol. The number of hydrogen-bond acceptors (Lipinski definition) is 5. The Morgan fingerprint density at radius 1 is 1.27 bits per heavy atom. The molecule has 1 fully saturated rings. The van der Waals surface area contributed by atoms with Crippen molar-refractivity contribution in [3.63, 3.8) is 0 Å². The van der Waals surface area contributed by atoms with Crippen molar-refractivity contribution in [3.05, 3.63) is 40.1 Å². The van der Waals surface area contributed by atoms with Gasteiger partial charge in [0.25, 0.3) is 15.9 Å². The summed E-state index contributed by atoms with van der Waals surface area (Å²) in [5.74, 6) is 0.135. The number of thiazole rings is 1. The largest absolute Gasteiger partial charge is 0.328 e. The van der Waals surface area contributed by atoms with Gasteiger partial charge in [0.1, 0.15) is 10.7 Å². The zero-order valence-corrected chi connectivity index (χ0v) is 15.9. The third-order valence-corrected chi connectivity index (χ3v) is 6.73. The molecular formula is C17H18N4O3S2. The molecule has 136 valence electrons. The molecule has 1 aromatic carbocycles. The molecule has 1 saturated heterocycles. The Morgan fingerprint density at radius 3 is 2.88 bits per heavy atom. The van der Waals surface area contributed by atoms with Gasteiger partial charge in [-0.1, -0.05) is 6.42 Å². The second-order valence-electron chi connectivity index (χ2n) is 6.34. The van der Waals surface area contributed by atoms with Crippen LogP contribution in [0.2, 0.25) is 0 Å². The van der Waals surface area contributed by atoms with Gasteiger partial charge in [-0.05, 0) is 31.0 Å². The van der Waals surface area contributed by atoms with Crippen LogP contribution in [-0.2, 0) is 17.1 Å². The summed E-state index contributed by atoms with van der Waals surface area (Å²) in [6.07, 6.45) is 5.45. The second kappa shape index (κ2) is 6.48. The Balaban J connectivity index is 1.79. The van der Waals surface area contributed by atoms with Crippen molar-refractivity contribution in [2.75, 3.05) is 11.4 Å². The van der Waals surface area contributed by atoms with Crippen molar-refractivity contribution in [1.82, 2.24) is 4.57 Å². The quantitative estimate of drug-likeness (QED) is 0.748. The van der Waals surface area contributed by atoms with E-state index < -0.39 is 15.9 Å². The number of nitrogens with zero attached hydrogens (tertiary/aromatic N) is 4. The van der Waals surface area contributed by atoms with E-state index in [-0.39, 0.29) is 10.5 Å². The van der Waals surface area contributed by atoms with Crippen molar-refractivity contribution in [2.45, 2.75) is 30.6 Å². The molecule has 0 N–H and O–H groups in total. The van der Waals surface area contributed by atoms with E-state index in [4.69, 9.17) is 0 Å². The van der Waals surface area contributed by atoms with Gasteiger partial charge in [-0.15, -0.1) is 15.7 Å². The molecule has 2 aromatic rings. The fourth-order valence-electron chi connectivity index (χ4n) is 3.20. The first kappa shape index (κ1) is 17.2. The molecule has 3 heterocycles. The molecular weight excluding hydrogens is 372 g/mol. The molecule has 0 atom stereocenters. The molecule has 0 unspecified atom stereocenters. The van der Waals surface area contributed by atoms with Gasteiger partial charge in [0.2, 0.25) is 0 Å². The van der Waals surface area contributed by atoms with E-state index >= 15 is 0 Å². The number of sulfonamides is 1. The van der Waals surface area contributed by atoms with Gasteiger partial charge in [-0.2, -0.15) is 13.4 Å². The van der Waals surface area contributed by atoms with Gasteiger partial charge in [-0.25, -0.2) is 0 Å². The minimum atomic E-state index is -3.81. The summed E-state index contributed by atoms with van der Waals surface area (Å²) in [6.45, 7) is 0.740. The smallest absolute Gasteiger partial charge is 0.286 e. The molecule has 9 heteroatoms. The number of hydrogen-bond donors (Lipinski definition) is 0. The molecule has 1 aromatic heterocycles. The Hall–Kier alpha value is -2.26. The summed E-state index contributed by atoms with van der Waals surface area (Å²) < 4.78 is 31.0. The first-order valence-electron chi connectivity index (χ1n) is 8.40. The van der Waals surface area contributed by atoms with Crippen LogP contribution in [-0.4, -0.2) is 31.3 Å². The van der Waals surface area contributed by atoms with E-state index in [0.29, 0.717) is 22.7 Å². The highest BCUT2D eigenvalue weighted by atomic mass is 32.2. The number of rotatable bonds is 1. The second-order valence-corrected chi connectivity index (χ2v) is 8.79. The number of fused-ring (bicyclic) bond motifs is 3. The Kier molecular flexibility index (Phi) is 4.28. The van der Waals surface area contributed by atoms with E-state index in [0.717, 1.165) is 25.8 Å². The third-order valence-electron chi connectivity index (χ3n) is 4.55. The Labute approximate surface area is 155 Å². The number of carbonyl (C=O) groups is 1. The number of amidine groups is 1. The van der Waals surface area contributed by atoms with Crippen molar-refractivity contribution in [2.24, 2.45) is 16.4 Å². The fourth-order valence-corrected chi connectivity index (χ4v) is 5.21. The normalized spacial score (nSPS) is 19.3. The van der Waals surface area contributed by atoms with Gasteiger partial charge in [0, 0.05) is 37.2 Å². The van der Waals surface area contributed by atoms with E-state index in [9.17, 15) is 13.2 Å². The van der Waals surface area contributed by atoms with Crippen molar-refractivity contribution < 1.29 is 13.2 Å². The van der Waals surface area contributed by atoms with Gasteiger partial charge < -0.3 is 9.47 Å². The summed E-state index contributed by atoms with van der Waals surface area (Å²) in [6, 6.07) is 4.74. The van der Waals surface area contributed by atoms with Crippen LogP contribution < -0.4 is 9.70 Å². The van der Waals surface area contributed by atoms with E-state index in [2.05, 4.69) is 9.39 Å². The first-order chi connectivity index (χ1) is 12.5. The SMILES string of the molecule is Cn1ccsc1=NC(=O)c1ccc2c(c1)S(=O)(=O)N=C1CCCCCN12. The minimum absolute atomic E-state index is 0.0831. The van der Waals surface area contributed by atoms with Crippen LogP contribution in [0.25, 0.3) is 0 Å². The number of aromatic nitrogens is 1. The Bertz CT molecular complexity index is 1080. The first-order valence-corrected chi connectivity index (χ1v) is 10.7. The van der Waals surface area contributed by atoms with Crippen molar-refractivity contribution in [3.8, 4) is 0 Å². The molecule has 0 saturated carbocycles. The van der Waals surface area contributed by atoms with E-state index in [1.54, 1.807) is 23.7 Å². The molecule has 4 rings (SSSR count). The third kappa shape index (κ3) is 3.01.